The molecule has 0 unspecified atom stereocenters. The third-order valence-electron chi connectivity index (χ3n) is 11.3. The molecule has 58 heavy (non-hydrogen) atoms. The summed E-state index contributed by atoms with van der Waals surface area (Å²) >= 11 is 6.49. The molecule has 3 N–H and O–H groups in total. The van der Waals surface area contributed by atoms with Crippen LogP contribution in [0.2, 0.25) is 5.02 Å². The fraction of sp³-hybridized carbons (Fsp3) is 0.267. The van der Waals surface area contributed by atoms with E-state index >= 15 is 0 Å². The first-order valence-corrected chi connectivity index (χ1v) is 19.9. The molecule has 13 heteroatoms. The van der Waals surface area contributed by atoms with Crippen LogP contribution in [0.1, 0.15) is 61.0 Å². The fourth-order valence-electron chi connectivity index (χ4n) is 8.33. The van der Waals surface area contributed by atoms with E-state index < -0.39 is 12.1 Å². The highest BCUT2D eigenvalue weighted by molar-refractivity contribution is 6.33. The number of carboxylic acid groups (broad SMARTS) is 1. The Morgan fingerprint density at radius 2 is 1.24 bits per heavy atom. The number of imidazole rings is 2. The number of para-hydroxylation sites is 1. The lowest BCUT2D eigenvalue weighted by atomic mass is 10.0. The van der Waals surface area contributed by atoms with Crippen molar-refractivity contribution in [2.75, 3.05) is 33.7 Å². The molecule has 2 fully saturated rings. The van der Waals surface area contributed by atoms with Crippen LogP contribution in [0.15, 0.2) is 116 Å². The van der Waals surface area contributed by atoms with Gasteiger partial charge in [-0.1, -0.05) is 103 Å². The van der Waals surface area contributed by atoms with Gasteiger partial charge in [0.2, 0.25) is 5.91 Å². The standard InChI is InChI=1S/C45H45ClN8O4/c1-54(2,39-15-7-6-12-34(39)46)28-40(55)52-24-8-13-37(52)42-47-26-35(49-42)31-20-16-29(17-21-31)30-18-22-32(23-19-30)36-27-48-43(50-36)38-14-9-25-53(38)44(56)41(51-45(57)58)33-10-4-3-5-11-33/h3-7,10-12,15-23,26-27,37-38,41,51H,8-9,13-14,24-25,28H2,1-2H3,(H2-,47,48,49,50,57,58)/t37-,38-,41+/m0/s1. The molecule has 4 aromatic carbocycles. The van der Waals surface area contributed by atoms with Crippen LogP contribution < -0.4 is 14.9 Å². The summed E-state index contributed by atoms with van der Waals surface area (Å²) in [7, 11) is 4.01. The number of hydrogen-bond donors (Lipinski definition) is 3. The number of amides is 3. The summed E-state index contributed by atoms with van der Waals surface area (Å²) in [4.78, 5) is 58.8. The third-order valence-corrected chi connectivity index (χ3v) is 11.7. The van der Waals surface area contributed by atoms with Crippen LogP contribution in [0, 0.1) is 0 Å². The Kier molecular flexibility index (Phi) is 10.9. The molecule has 3 atom stereocenters. The van der Waals surface area contributed by atoms with Crippen molar-refractivity contribution in [1.29, 1.82) is 0 Å². The van der Waals surface area contributed by atoms with E-state index in [9.17, 15) is 19.5 Å². The summed E-state index contributed by atoms with van der Waals surface area (Å²) < 4.78 is 0.360. The lowest BCUT2D eigenvalue weighted by Gasteiger charge is -2.32. The van der Waals surface area contributed by atoms with Gasteiger partial charge in [0.25, 0.3) is 5.91 Å². The molecule has 12 nitrogen and oxygen atoms in total. The monoisotopic (exact) mass is 796 g/mol. The quantitative estimate of drug-likeness (QED) is 0.120. The topological polar surface area (TPSA) is 150 Å². The second-order valence-electron chi connectivity index (χ2n) is 15.5. The zero-order valence-corrected chi connectivity index (χ0v) is 33.2. The third kappa shape index (κ3) is 7.98. The number of hydrogen-bond acceptors (Lipinski definition) is 6. The van der Waals surface area contributed by atoms with Gasteiger partial charge in [0, 0.05) is 19.2 Å². The minimum Gasteiger partial charge on any atom is -0.530 e. The maximum Gasteiger partial charge on any atom is 0.278 e. The number of H-pyrrole nitrogens is 2. The van der Waals surface area contributed by atoms with Gasteiger partial charge in [0.15, 0.2) is 12.2 Å². The van der Waals surface area contributed by atoms with E-state index in [1.807, 2.05) is 67.7 Å². The van der Waals surface area contributed by atoms with E-state index in [0.29, 0.717) is 46.9 Å². The molecule has 2 saturated heterocycles. The zero-order chi connectivity index (χ0) is 40.4. The number of benzene rings is 4. The number of likely N-dealkylation sites (tertiary alicyclic amines) is 2. The molecule has 0 saturated carbocycles. The Balaban J connectivity index is 0.914. The summed E-state index contributed by atoms with van der Waals surface area (Å²) in [6.45, 7) is 1.49. The second kappa shape index (κ2) is 16.3. The molecule has 4 heterocycles. The van der Waals surface area contributed by atoms with Gasteiger partial charge in [-0.05, 0) is 59.6 Å². The molecule has 6 aromatic rings. The van der Waals surface area contributed by atoms with E-state index in [4.69, 9.17) is 16.6 Å². The number of likely N-dealkylation sites (N-methyl/N-ethyl adjacent to an activating group) is 1. The van der Waals surface area contributed by atoms with Crippen LogP contribution in [0.5, 0.6) is 0 Å². The number of aromatic amines is 2. The van der Waals surface area contributed by atoms with Gasteiger partial charge in [0.05, 0.1) is 50.0 Å². The van der Waals surface area contributed by atoms with Gasteiger partial charge in [-0.3, -0.25) is 14.1 Å². The van der Waals surface area contributed by atoms with Crippen LogP contribution in [-0.2, 0) is 9.59 Å². The maximum atomic E-state index is 13.7. The summed E-state index contributed by atoms with van der Waals surface area (Å²) in [6.07, 6.45) is 5.37. The molecule has 2 aliphatic heterocycles. The summed E-state index contributed by atoms with van der Waals surface area (Å²) in [5, 5.41) is 14.5. The van der Waals surface area contributed by atoms with E-state index in [1.54, 1.807) is 35.4 Å². The molecule has 0 bridgehead atoms. The normalized spacial score (nSPS) is 17.4. The van der Waals surface area contributed by atoms with Crippen molar-refractivity contribution in [2.45, 2.75) is 43.8 Å². The average molecular weight is 797 g/mol. The Morgan fingerprint density at radius 3 is 1.79 bits per heavy atom. The van der Waals surface area contributed by atoms with Crippen molar-refractivity contribution in [3.05, 3.63) is 138 Å². The van der Waals surface area contributed by atoms with Crippen LogP contribution in [0.3, 0.4) is 0 Å². The number of nitrogens with zero attached hydrogens (tertiary/aromatic N) is 5. The van der Waals surface area contributed by atoms with Gasteiger partial charge < -0.3 is 35.0 Å². The van der Waals surface area contributed by atoms with Gasteiger partial charge >= 0.3 is 0 Å². The molecule has 296 valence electrons. The Labute approximate surface area is 342 Å². The number of carbonyl (C=O) groups is 3. The molecule has 8 rings (SSSR count). The lowest BCUT2D eigenvalue weighted by Crippen LogP contribution is -2.49. The smallest absolute Gasteiger partial charge is 0.278 e. The zero-order valence-electron chi connectivity index (χ0n) is 32.4. The SMILES string of the molecule is C[N+](C)(CC(=O)N1CCC[C@H]1c1ncc(-c2ccc(-c3ccc(-c4cnc([C@@H]5CCCN5C(=O)[C@H](NC(=O)[O-])c5ccccc5)[nH]4)cc3)cc2)[nH]1)c1ccccc1Cl. The summed E-state index contributed by atoms with van der Waals surface area (Å²) in [6, 6.07) is 31.5. The summed E-state index contributed by atoms with van der Waals surface area (Å²) in [5.41, 5.74) is 7.25. The maximum absolute atomic E-state index is 13.7. The first kappa shape index (κ1) is 38.6. The first-order valence-electron chi connectivity index (χ1n) is 19.6. The first-order chi connectivity index (χ1) is 28.1. The van der Waals surface area contributed by atoms with Crippen molar-refractivity contribution < 1.29 is 19.5 Å². The minimum atomic E-state index is -1.50. The van der Waals surface area contributed by atoms with Gasteiger partial charge in [0.1, 0.15) is 28.8 Å². The van der Waals surface area contributed by atoms with E-state index in [-0.39, 0.29) is 23.9 Å². The number of nitrogens with one attached hydrogen (secondary N) is 3. The van der Waals surface area contributed by atoms with Crippen LogP contribution in [0.25, 0.3) is 33.6 Å². The highest BCUT2D eigenvalue weighted by atomic mass is 35.5. The van der Waals surface area contributed by atoms with Crippen LogP contribution in [0.4, 0.5) is 10.5 Å². The van der Waals surface area contributed by atoms with Gasteiger partial charge in [-0.25, -0.2) is 9.97 Å². The number of quaternary nitrogens is 1. The highest BCUT2D eigenvalue weighted by Crippen LogP contribution is 2.36. The molecule has 0 radical (unpaired) electrons. The van der Waals surface area contributed by atoms with Crippen molar-refractivity contribution in [1.82, 2.24) is 39.5 Å². The molecular formula is C45H45ClN8O4. The van der Waals surface area contributed by atoms with Gasteiger partial charge in [-0.15, -0.1) is 0 Å². The molecule has 0 aliphatic carbocycles. The Bertz CT molecular complexity index is 2410. The minimum absolute atomic E-state index is 0.0729. The van der Waals surface area contributed by atoms with Crippen molar-refractivity contribution >= 4 is 35.2 Å². The fourth-order valence-corrected chi connectivity index (χ4v) is 8.69. The van der Waals surface area contributed by atoms with Gasteiger partial charge in [-0.2, -0.15) is 0 Å². The Morgan fingerprint density at radius 1 is 0.741 bits per heavy atom. The molecule has 0 spiro atoms. The Hall–Kier alpha value is -6.24. The second-order valence-corrected chi connectivity index (χ2v) is 15.9. The summed E-state index contributed by atoms with van der Waals surface area (Å²) in [5.74, 6) is 1.19. The highest BCUT2D eigenvalue weighted by Gasteiger charge is 2.38. The molecule has 2 aliphatic rings. The molecule has 3 amide bonds. The predicted octanol–water partition coefficient (Wildman–Crippen LogP) is 7.06. The van der Waals surface area contributed by atoms with Crippen molar-refractivity contribution in [3.63, 3.8) is 0 Å². The largest absolute Gasteiger partial charge is 0.530 e. The van der Waals surface area contributed by atoms with E-state index in [0.717, 1.165) is 64.4 Å². The van der Waals surface area contributed by atoms with Crippen LogP contribution in [-0.4, -0.2) is 81.4 Å². The van der Waals surface area contributed by atoms with Crippen molar-refractivity contribution in [3.8, 4) is 33.6 Å². The number of halogens is 1. The van der Waals surface area contributed by atoms with E-state index in [2.05, 4.69) is 56.7 Å². The number of aromatic nitrogens is 4. The van der Waals surface area contributed by atoms with Crippen molar-refractivity contribution in [2.24, 2.45) is 0 Å². The average Bonchev–Trinajstić information content (AvgIpc) is 4.07. The lowest BCUT2D eigenvalue weighted by molar-refractivity contribution is -0.251. The number of rotatable bonds is 11. The predicted molar refractivity (Wildman–Crippen MR) is 222 cm³/mol. The molecular weight excluding hydrogens is 752 g/mol. The molecule has 2 aromatic heterocycles. The van der Waals surface area contributed by atoms with Crippen LogP contribution >= 0.6 is 11.6 Å². The number of carbonyl (C=O) groups excluding carboxylic acids is 3. The van der Waals surface area contributed by atoms with E-state index in [1.165, 1.54) is 0 Å².